The predicted octanol–water partition coefficient (Wildman–Crippen LogP) is 0.875. The van der Waals surface area contributed by atoms with Crippen LogP contribution in [0.1, 0.15) is 18.4 Å². The predicted molar refractivity (Wildman–Crippen MR) is 62.3 cm³/mol. The Morgan fingerprint density at radius 3 is 3.06 bits per heavy atom. The van der Waals surface area contributed by atoms with Gasteiger partial charge in [0.2, 0.25) is 0 Å². The lowest BCUT2D eigenvalue weighted by Gasteiger charge is -2.01. The fourth-order valence-electron chi connectivity index (χ4n) is 1.45. The molecule has 0 radical (unpaired) electrons. The maximum absolute atomic E-state index is 4.19. The van der Waals surface area contributed by atoms with Crippen molar-refractivity contribution in [3.63, 3.8) is 0 Å². The standard InChI is InChI=1S/C9H13BrN6/c1-2-16-9(11-7-12-16)6-15-5-8(3-4-10)13-14-15/h5,7H,2-4,6H2,1H3. The van der Waals surface area contributed by atoms with E-state index in [2.05, 4.69) is 36.3 Å². The second-order valence-electron chi connectivity index (χ2n) is 3.34. The van der Waals surface area contributed by atoms with Gasteiger partial charge in [0.15, 0.2) is 0 Å². The van der Waals surface area contributed by atoms with Gasteiger partial charge >= 0.3 is 0 Å². The molecule has 0 bridgehead atoms. The van der Waals surface area contributed by atoms with Gasteiger partial charge in [-0.15, -0.1) is 5.10 Å². The molecule has 86 valence electrons. The molecule has 0 atom stereocenters. The lowest BCUT2D eigenvalue weighted by atomic mass is 10.4. The third-order valence-electron chi connectivity index (χ3n) is 2.24. The van der Waals surface area contributed by atoms with Gasteiger partial charge in [-0.1, -0.05) is 21.1 Å². The Labute approximate surface area is 102 Å². The Kier molecular flexibility index (Phi) is 3.66. The fraction of sp³-hybridized carbons (Fsp3) is 0.556. The molecule has 2 aromatic heterocycles. The molecule has 0 saturated carbocycles. The van der Waals surface area contributed by atoms with Crippen molar-refractivity contribution in [3.05, 3.63) is 24.0 Å². The van der Waals surface area contributed by atoms with Crippen LogP contribution in [0.4, 0.5) is 0 Å². The van der Waals surface area contributed by atoms with Crippen molar-refractivity contribution in [2.45, 2.75) is 26.4 Å². The average molecular weight is 285 g/mol. The highest BCUT2D eigenvalue weighted by Crippen LogP contribution is 2.01. The van der Waals surface area contributed by atoms with Crippen molar-refractivity contribution in [1.82, 2.24) is 29.8 Å². The molecule has 0 aliphatic rings. The molecule has 0 saturated heterocycles. The highest BCUT2D eigenvalue weighted by molar-refractivity contribution is 9.09. The van der Waals surface area contributed by atoms with Gasteiger partial charge < -0.3 is 0 Å². The molecular weight excluding hydrogens is 272 g/mol. The van der Waals surface area contributed by atoms with Gasteiger partial charge in [-0.25, -0.2) is 14.3 Å². The lowest BCUT2D eigenvalue weighted by molar-refractivity contribution is 0.557. The van der Waals surface area contributed by atoms with E-state index in [0.717, 1.165) is 29.8 Å². The van der Waals surface area contributed by atoms with E-state index >= 15 is 0 Å². The normalized spacial score (nSPS) is 10.9. The van der Waals surface area contributed by atoms with Crippen molar-refractivity contribution in [3.8, 4) is 0 Å². The Bertz CT molecular complexity index is 448. The van der Waals surface area contributed by atoms with E-state index in [1.54, 1.807) is 11.0 Å². The van der Waals surface area contributed by atoms with Crippen LogP contribution in [0.3, 0.4) is 0 Å². The largest absolute Gasteiger partial charge is 0.249 e. The van der Waals surface area contributed by atoms with E-state index in [0.29, 0.717) is 6.54 Å². The molecule has 7 heteroatoms. The van der Waals surface area contributed by atoms with Gasteiger partial charge in [0.05, 0.1) is 5.69 Å². The zero-order valence-electron chi connectivity index (χ0n) is 9.04. The molecule has 6 nitrogen and oxygen atoms in total. The van der Waals surface area contributed by atoms with E-state index < -0.39 is 0 Å². The number of hydrogen-bond acceptors (Lipinski definition) is 4. The topological polar surface area (TPSA) is 61.4 Å². The Morgan fingerprint density at radius 2 is 2.31 bits per heavy atom. The number of nitrogens with zero attached hydrogens (tertiary/aromatic N) is 6. The van der Waals surface area contributed by atoms with E-state index in [4.69, 9.17) is 0 Å². The number of alkyl halides is 1. The van der Waals surface area contributed by atoms with Crippen LogP contribution in [0.2, 0.25) is 0 Å². The minimum absolute atomic E-state index is 0.614. The number of aryl methyl sites for hydroxylation is 2. The van der Waals surface area contributed by atoms with Crippen LogP contribution in [0.15, 0.2) is 12.5 Å². The average Bonchev–Trinajstić information content (AvgIpc) is 2.89. The molecule has 0 aromatic carbocycles. The fourth-order valence-corrected chi connectivity index (χ4v) is 1.85. The summed E-state index contributed by atoms with van der Waals surface area (Å²) in [5, 5.41) is 13.1. The first-order chi connectivity index (χ1) is 7.83. The summed E-state index contributed by atoms with van der Waals surface area (Å²) in [6.07, 6.45) is 4.39. The summed E-state index contributed by atoms with van der Waals surface area (Å²) in [7, 11) is 0. The van der Waals surface area contributed by atoms with Crippen LogP contribution in [0, 0.1) is 0 Å². The molecule has 16 heavy (non-hydrogen) atoms. The maximum atomic E-state index is 4.19. The molecule has 0 aliphatic heterocycles. The van der Waals surface area contributed by atoms with Crippen LogP contribution >= 0.6 is 15.9 Å². The Morgan fingerprint density at radius 1 is 1.44 bits per heavy atom. The monoisotopic (exact) mass is 284 g/mol. The van der Waals surface area contributed by atoms with Crippen molar-refractivity contribution in [2.75, 3.05) is 5.33 Å². The van der Waals surface area contributed by atoms with Crippen LogP contribution < -0.4 is 0 Å². The molecule has 0 spiro atoms. The molecule has 2 aromatic rings. The van der Waals surface area contributed by atoms with E-state index in [1.165, 1.54) is 0 Å². The van der Waals surface area contributed by atoms with Gasteiger partial charge in [-0.2, -0.15) is 5.10 Å². The quantitative estimate of drug-likeness (QED) is 0.765. The minimum atomic E-state index is 0.614. The molecule has 0 amide bonds. The zero-order chi connectivity index (χ0) is 11.4. The molecule has 2 heterocycles. The number of halogens is 1. The van der Waals surface area contributed by atoms with Gasteiger partial charge in [0.25, 0.3) is 0 Å². The summed E-state index contributed by atoms with van der Waals surface area (Å²) in [5.41, 5.74) is 0.986. The molecule has 0 fully saturated rings. The summed E-state index contributed by atoms with van der Waals surface area (Å²) in [4.78, 5) is 4.19. The first-order valence-electron chi connectivity index (χ1n) is 5.15. The van der Waals surface area contributed by atoms with Gasteiger partial charge in [-0.05, 0) is 6.92 Å². The first-order valence-corrected chi connectivity index (χ1v) is 6.27. The van der Waals surface area contributed by atoms with Crippen molar-refractivity contribution < 1.29 is 0 Å². The summed E-state index contributed by atoms with van der Waals surface area (Å²) >= 11 is 3.38. The van der Waals surface area contributed by atoms with Crippen molar-refractivity contribution in [1.29, 1.82) is 0 Å². The van der Waals surface area contributed by atoms with Gasteiger partial charge in [0.1, 0.15) is 18.7 Å². The van der Waals surface area contributed by atoms with Gasteiger partial charge in [0, 0.05) is 24.5 Å². The van der Waals surface area contributed by atoms with Crippen molar-refractivity contribution >= 4 is 15.9 Å². The summed E-state index contributed by atoms with van der Waals surface area (Å²) in [6, 6.07) is 0. The molecular formula is C9H13BrN6. The molecule has 2 rings (SSSR count). The summed E-state index contributed by atoms with van der Waals surface area (Å²) in [6.45, 7) is 3.47. The van der Waals surface area contributed by atoms with E-state index in [-0.39, 0.29) is 0 Å². The highest BCUT2D eigenvalue weighted by atomic mass is 79.9. The number of rotatable bonds is 5. The molecule has 0 unspecified atom stereocenters. The van der Waals surface area contributed by atoms with E-state index in [1.807, 2.05) is 17.8 Å². The van der Waals surface area contributed by atoms with Crippen molar-refractivity contribution in [2.24, 2.45) is 0 Å². The first kappa shape index (κ1) is 11.3. The maximum Gasteiger partial charge on any atom is 0.148 e. The number of aromatic nitrogens is 6. The second-order valence-corrected chi connectivity index (χ2v) is 4.13. The molecule has 0 N–H and O–H groups in total. The van der Waals surface area contributed by atoms with Crippen LogP contribution in [-0.2, 0) is 19.5 Å². The smallest absolute Gasteiger partial charge is 0.148 e. The minimum Gasteiger partial charge on any atom is -0.249 e. The molecule has 0 aliphatic carbocycles. The Balaban J connectivity index is 2.08. The summed E-state index contributed by atoms with van der Waals surface area (Å²) in [5.74, 6) is 0.901. The summed E-state index contributed by atoms with van der Waals surface area (Å²) < 4.78 is 3.64. The van der Waals surface area contributed by atoms with Crippen LogP contribution in [0.25, 0.3) is 0 Å². The highest BCUT2D eigenvalue weighted by Gasteiger charge is 2.05. The third-order valence-corrected chi connectivity index (χ3v) is 2.63. The van der Waals surface area contributed by atoms with Gasteiger partial charge in [-0.3, -0.25) is 0 Å². The van der Waals surface area contributed by atoms with Crippen LogP contribution in [0.5, 0.6) is 0 Å². The second kappa shape index (κ2) is 5.20. The van der Waals surface area contributed by atoms with E-state index in [9.17, 15) is 0 Å². The number of hydrogen-bond donors (Lipinski definition) is 0. The Hall–Kier alpha value is -1.24. The van der Waals surface area contributed by atoms with Crippen LogP contribution in [-0.4, -0.2) is 35.1 Å². The zero-order valence-corrected chi connectivity index (χ0v) is 10.6. The third kappa shape index (κ3) is 2.46. The SMILES string of the molecule is CCn1ncnc1Cn1cc(CCBr)nn1. The lowest BCUT2D eigenvalue weighted by Crippen LogP contribution is -2.09.